The van der Waals surface area contributed by atoms with Crippen molar-refractivity contribution >= 4 is 0 Å². The van der Waals surface area contributed by atoms with Gasteiger partial charge in [-0.3, -0.25) is 0 Å². The van der Waals surface area contributed by atoms with Gasteiger partial charge in [0.05, 0.1) is 0 Å². The number of nitrogens with one attached hydrogen (secondary N) is 1. The van der Waals surface area contributed by atoms with Crippen LogP contribution in [0.5, 0.6) is 0 Å². The van der Waals surface area contributed by atoms with Gasteiger partial charge in [-0.25, -0.2) is 0 Å². The second-order valence-corrected chi connectivity index (χ2v) is 5.52. The number of hydrogen-bond acceptors (Lipinski definition) is 1. The molecule has 0 spiro atoms. The molecule has 0 aliphatic rings. The fraction of sp³-hybridized carbons (Fsp3) is 0.571. The van der Waals surface area contributed by atoms with Gasteiger partial charge in [0.2, 0.25) is 0 Å². The first-order valence-electron chi connectivity index (χ1n) is 5.66. The quantitative estimate of drug-likeness (QED) is 0.793. The van der Waals surface area contributed by atoms with Crippen LogP contribution in [0.15, 0.2) is 24.3 Å². The molecule has 1 rings (SSSR count). The Hall–Kier alpha value is -0.820. The maximum atomic E-state index is 3.40. The third-order valence-corrected chi connectivity index (χ3v) is 2.61. The summed E-state index contributed by atoms with van der Waals surface area (Å²) in [7, 11) is 2.04. The molecule has 1 N–H and O–H groups in total. The van der Waals surface area contributed by atoms with Gasteiger partial charge in [0, 0.05) is 6.04 Å². The molecule has 0 saturated heterocycles. The Morgan fingerprint density at radius 1 is 1.27 bits per heavy atom. The fourth-order valence-electron chi connectivity index (χ4n) is 1.89. The van der Waals surface area contributed by atoms with Crippen molar-refractivity contribution in [3.63, 3.8) is 0 Å². The van der Waals surface area contributed by atoms with E-state index in [-0.39, 0.29) is 0 Å². The molecule has 1 nitrogen and oxygen atoms in total. The molecule has 0 heterocycles. The Balaban J connectivity index is 2.83. The lowest BCUT2D eigenvalue weighted by molar-refractivity contribution is 0.321. The van der Waals surface area contributed by atoms with Crippen LogP contribution >= 0.6 is 0 Å². The van der Waals surface area contributed by atoms with Crippen molar-refractivity contribution in [3.8, 4) is 0 Å². The average Bonchev–Trinajstić information content (AvgIpc) is 2.13. The van der Waals surface area contributed by atoms with E-state index in [0.717, 1.165) is 6.42 Å². The van der Waals surface area contributed by atoms with Gasteiger partial charge >= 0.3 is 0 Å². The first kappa shape index (κ1) is 12.3. The first-order valence-corrected chi connectivity index (χ1v) is 5.66. The summed E-state index contributed by atoms with van der Waals surface area (Å²) in [6, 6.07) is 9.22. The van der Waals surface area contributed by atoms with Crippen LogP contribution in [0.3, 0.4) is 0 Å². The molecule has 1 unspecified atom stereocenters. The minimum absolute atomic E-state index is 0.359. The molecular weight excluding hydrogens is 182 g/mol. The summed E-state index contributed by atoms with van der Waals surface area (Å²) in [6.07, 6.45) is 1.16. The number of hydrogen-bond donors (Lipinski definition) is 1. The standard InChI is InChI=1S/C14H23N/c1-11-7-6-8-12(9-11)13(15-5)10-14(2,3)4/h6-9,13,15H,10H2,1-5H3. The highest BCUT2D eigenvalue weighted by atomic mass is 14.9. The second-order valence-electron chi connectivity index (χ2n) is 5.52. The molecule has 15 heavy (non-hydrogen) atoms. The van der Waals surface area contributed by atoms with E-state index in [9.17, 15) is 0 Å². The Kier molecular flexibility index (Phi) is 3.92. The van der Waals surface area contributed by atoms with Crippen molar-refractivity contribution < 1.29 is 0 Å². The van der Waals surface area contributed by atoms with E-state index in [4.69, 9.17) is 0 Å². The Labute approximate surface area is 93.9 Å². The van der Waals surface area contributed by atoms with Crippen LogP contribution in [0.1, 0.15) is 44.4 Å². The van der Waals surface area contributed by atoms with Gasteiger partial charge in [-0.2, -0.15) is 0 Å². The zero-order valence-corrected chi connectivity index (χ0v) is 10.6. The molecule has 84 valence electrons. The highest BCUT2D eigenvalue weighted by molar-refractivity contribution is 5.25. The molecule has 0 saturated carbocycles. The third-order valence-electron chi connectivity index (χ3n) is 2.61. The van der Waals surface area contributed by atoms with Gasteiger partial charge in [-0.15, -0.1) is 0 Å². The van der Waals surface area contributed by atoms with Crippen LogP contribution in [-0.4, -0.2) is 7.05 Å². The summed E-state index contributed by atoms with van der Waals surface area (Å²) in [4.78, 5) is 0. The van der Waals surface area contributed by atoms with Crippen LogP contribution in [0, 0.1) is 12.3 Å². The van der Waals surface area contributed by atoms with Crippen LogP contribution in [0.4, 0.5) is 0 Å². The molecule has 1 atom stereocenters. The summed E-state index contributed by atoms with van der Waals surface area (Å²) in [5.41, 5.74) is 3.09. The molecule has 0 amide bonds. The second kappa shape index (κ2) is 4.80. The van der Waals surface area contributed by atoms with Crippen molar-refractivity contribution in [2.45, 2.75) is 40.2 Å². The van der Waals surface area contributed by atoms with Crippen molar-refractivity contribution in [2.75, 3.05) is 7.05 Å². The number of rotatable bonds is 3. The number of benzene rings is 1. The van der Waals surface area contributed by atoms with Gasteiger partial charge in [0.25, 0.3) is 0 Å². The summed E-state index contributed by atoms with van der Waals surface area (Å²) in [5, 5.41) is 3.40. The van der Waals surface area contributed by atoms with Gasteiger partial charge in [0.15, 0.2) is 0 Å². The highest BCUT2D eigenvalue weighted by Crippen LogP contribution is 2.29. The van der Waals surface area contributed by atoms with E-state index in [1.807, 2.05) is 7.05 Å². The van der Waals surface area contributed by atoms with Crippen LogP contribution in [-0.2, 0) is 0 Å². The summed E-state index contributed by atoms with van der Waals surface area (Å²) >= 11 is 0. The third kappa shape index (κ3) is 4.05. The van der Waals surface area contributed by atoms with E-state index in [0.29, 0.717) is 11.5 Å². The van der Waals surface area contributed by atoms with E-state index in [1.54, 1.807) is 0 Å². The van der Waals surface area contributed by atoms with Gasteiger partial charge < -0.3 is 5.32 Å². The molecule has 0 aromatic heterocycles. The van der Waals surface area contributed by atoms with E-state index in [1.165, 1.54) is 11.1 Å². The van der Waals surface area contributed by atoms with Gasteiger partial charge in [-0.05, 0) is 31.4 Å². The lowest BCUT2D eigenvalue weighted by Crippen LogP contribution is -2.22. The molecule has 1 aromatic rings. The normalized spacial score (nSPS) is 13.9. The maximum Gasteiger partial charge on any atom is 0.0322 e. The Bertz CT molecular complexity index is 309. The topological polar surface area (TPSA) is 12.0 Å². The number of aryl methyl sites for hydroxylation is 1. The van der Waals surface area contributed by atoms with Gasteiger partial charge in [-0.1, -0.05) is 50.6 Å². The van der Waals surface area contributed by atoms with Crippen molar-refractivity contribution in [1.82, 2.24) is 5.32 Å². The zero-order valence-electron chi connectivity index (χ0n) is 10.6. The SMILES string of the molecule is CNC(CC(C)(C)C)c1cccc(C)c1. The summed E-state index contributed by atoms with van der Waals surface area (Å²) in [5.74, 6) is 0. The predicted molar refractivity (Wildman–Crippen MR) is 67.1 cm³/mol. The first-order chi connectivity index (χ1) is 6.92. The smallest absolute Gasteiger partial charge is 0.0322 e. The van der Waals surface area contributed by atoms with Crippen molar-refractivity contribution in [3.05, 3.63) is 35.4 Å². The monoisotopic (exact) mass is 205 g/mol. The molecule has 0 radical (unpaired) electrons. The van der Waals surface area contributed by atoms with Crippen LogP contribution in [0.25, 0.3) is 0 Å². The minimum atomic E-state index is 0.359. The molecule has 0 aliphatic heterocycles. The van der Waals surface area contributed by atoms with E-state index in [2.05, 4.69) is 57.3 Å². The minimum Gasteiger partial charge on any atom is -0.313 e. The predicted octanol–water partition coefficient (Wildman–Crippen LogP) is 3.69. The molecule has 0 bridgehead atoms. The summed E-state index contributed by atoms with van der Waals surface area (Å²) < 4.78 is 0. The lowest BCUT2D eigenvalue weighted by Gasteiger charge is -2.26. The molecular formula is C14H23N. The van der Waals surface area contributed by atoms with Gasteiger partial charge in [0.1, 0.15) is 0 Å². The fourth-order valence-corrected chi connectivity index (χ4v) is 1.89. The molecule has 0 aliphatic carbocycles. The lowest BCUT2D eigenvalue weighted by atomic mass is 9.85. The van der Waals surface area contributed by atoms with Crippen molar-refractivity contribution in [1.29, 1.82) is 0 Å². The molecule has 0 fully saturated rings. The Morgan fingerprint density at radius 2 is 1.93 bits per heavy atom. The van der Waals surface area contributed by atoms with Crippen molar-refractivity contribution in [2.24, 2.45) is 5.41 Å². The largest absolute Gasteiger partial charge is 0.313 e. The zero-order chi connectivity index (χ0) is 11.5. The average molecular weight is 205 g/mol. The maximum absolute atomic E-state index is 3.40. The van der Waals surface area contributed by atoms with E-state index >= 15 is 0 Å². The molecule has 1 heteroatoms. The van der Waals surface area contributed by atoms with E-state index < -0.39 is 0 Å². The van der Waals surface area contributed by atoms with Crippen LogP contribution in [0.2, 0.25) is 0 Å². The highest BCUT2D eigenvalue weighted by Gasteiger charge is 2.18. The summed E-state index contributed by atoms with van der Waals surface area (Å²) in [6.45, 7) is 9.00. The van der Waals surface area contributed by atoms with Crippen LogP contribution < -0.4 is 5.32 Å². The Morgan fingerprint density at radius 3 is 2.40 bits per heavy atom. The molecule has 1 aromatic carbocycles.